The molecule has 28 heavy (non-hydrogen) atoms. The molecule has 0 N–H and O–H groups in total. The quantitative estimate of drug-likeness (QED) is 0.121. The summed E-state index contributed by atoms with van der Waals surface area (Å²) in [7, 11) is 0. The Bertz CT molecular complexity index is 408. The van der Waals surface area contributed by atoms with Gasteiger partial charge in [0.2, 0.25) is 0 Å². The second kappa shape index (κ2) is 20.7. The van der Waals surface area contributed by atoms with Crippen molar-refractivity contribution in [1.82, 2.24) is 0 Å². The van der Waals surface area contributed by atoms with Crippen molar-refractivity contribution in [3.05, 3.63) is 30.3 Å². The number of para-hydroxylation sites is 1. The van der Waals surface area contributed by atoms with Crippen LogP contribution in [0, 0.1) is 0 Å². The minimum Gasteiger partial charge on any atom is -0.381 e. The third-order valence-electron chi connectivity index (χ3n) is 5.06. The van der Waals surface area contributed by atoms with Gasteiger partial charge in [0, 0.05) is 13.2 Å². The Kier molecular flexibility index (Phi) is 18.4. The van der Waals surface area contributed by atoms with Gasteiger partial charge in [-0.15, -0.1) is 0 Å². The van der Waals surface area contributed by atoms with Gasteiger partial charge in [0.05, 0.1) is 6.61 Å². The van der Waals surface area contributed by atoms with E-state index in [0.29, 0.717) is 6.61 Å². The summed E-state index contributed by atoms with van der Waals surface area (Å²) < 4.78 is 5.66. The monoisotopic (exact) mass is 392 g/mol. The topological polar surface area (TPSA) is 27.7 Å². The first-order valence-corrected chi connectivity index (χ1v) is 11.9. The maximum Gasteiger partial charge on any atom is 0.165 e. The number of unbranched alkanes of at least 4 members (excludes halogenated alkanes) is 13. The molecule has 0 atom stereocenters. The van der Waals surface area contributed by atoms with Crippen LogP contribution in [0.4, 0.5) is 0 Å². The van der Waals surface area contributed by atoms with Crippen LogP contribution < -0.4 is 4.89 Å². The molecule has 0 fully saturated rings. The normalized spacial score (nSPS) is 11.0. The molecule has 0 unspecified atom stereocenters. The average Bonchev–Trinajstić information content (AvgIpc) is 2.73. The Morgan fingerprint density at radius 3 is 1.61 bits per heavy atom. The van der Waals surface area contributed by atoms with E-state index in [1.807, 2.05) is 30.3 Å². The van der Waals surface area contributed by atoms with Gasteiger partial charge in [-0.3, -0.25) is 0 Å². The van der Waals surface area contributed by atoms with Crippen molar-refractivity contribution in [2.75, 3.05) is 19.8 Å². The molecule has 3 heteroatoms. The lowest BCUT2D eigenvalue weighted by Gasteiger charge is -2.06. The van der Waals surface area contributed by atoms with Gasteiger partial charge in [0.15, 0.2) is 5.75 Å². The molecule has 0 aliphatic rings. The fourth-order valence-corrected chi connectivity index (χ4v) is 3.31. The van der Waals surface area contributed by atoms with E-state index >= 15 is 0 Å². The van der Waals surface area contributed by atoms with Crippen molar-refractivity contribution in [2.45, 2.75) is 103 Å². The van der Waals surface area contributed by atoms with Gasteiger partial charge in [0.25, 0.3) is 0 Å². The van der Waals surface area contributed by atoms with Gasteiger partial charge >= 0.3 is 0 Å². The van der Waals surface area contributed by atoms with E-state index in [9.17, 15) is 0 Å². The smallest absolute Gasteiger partial charge is 0.165 e. The molecule has 1 aromatic carbocycles. The zero-order valence-electron chi connectivity index (χ0n) is 18.3. The minimum atomic E-state index is 0.563. The molecule has 0 saturated carbocycles. The lowest BCUT2D eigenvalue weighted by molar-refractivity contribution is -0.209. The van der Waals surface area contributed by atoms with Crippen LogP contribution in [0.1, 0.15) is 103 Å². The number of ether oxygens (including phenoxy) is 1. The lowest BCUT2D eigenvalue weighted by Crippen LogP contribution is -2.04. The number of hydrogen-bond donors (Lipinski definition) is 0. The first-order valence-electron chi connectivity index (χ1n) is 11.9. The predicted octanol–water partition coefficient (Wildman–Crippen LogP) is 7.89. The summed E-state index contributed by atoms with van der Waals surface area (Å²) in [6.07, 6.45) is 20.4. The van der Waals surface area contributed by atoms with Crippen LogP contribution in [0.2, 0.25) is 0 Å². The van der Waals surface area contributed by atoms with Crippen LogP contribution in [0.15, 0.2) is 30.3 Å². The Labute approximate surface area is 174 Å². The highest BCUT2D eigenvalue weighted by molar-refractivity contribution is 5.20. The SMILES string of the molecule is CCCCCCCCCCCCCCCCOCCCOOc1ccccc1. The van der Waals surface area contributed by atoms with Gasteiger partial charge < -0.3 is 9.62 Å². The highest BCUT2D eigenvalue weighted by atomic mass is 17.2. The summed E-state index contributed by atoms with van der Waals surface area (Å²) >= 11 is 0. The second-order valence-electron chi connectivity index (χ2n) is 7.78. The van der Waals surface area contributed by atoms with Crippen LogP contribution in [0.5, 0.6) is 5.75 Å². The van der Waals surface area contributed by atoms with Crippen molar-refractivity contribution in [3.8, 4) is 5.75 Å². The fourth-order valence-electron chi connectivity index (χ4n) is 3.31. The first kappa shape index (κ1) is 25.0. The van der Waals surface area contributed by atoms with Crippen molar-refractivity contribution in [1.29, 1.82) is 0 Å². The fraction of sp³-hybridized carbons (Fsp3) is 0.760. The van der Waals surface area contributed by atoms with Crippen LogP contribution in [-0.4, -0.2) is 19.8 Å². The van der Waals surface area contributed by atoms with E-state index in [1.54, 1.807) is 0 Å². The molecule has 0 amide bonds. The van der Waals surface area contributed by atoms with E-state index in [4.69, 9.17) is 14.5 Å². The highest BCUT2D eigenvalue weighted by Crippen LogP contribution is 2.13. The zero-order valence-corrected chi connectivity index (χ0v) is 18.3. The second-order valence-corrected chi connectivity index (χ2v) is 7.78. The van der Waals surface area contributed by atoms with Crippen LogP contribution in [-0.2, 0) is 9.62 Å². The van der Waals surface area contributed by atoms with Crippen LogP contribution in [0.25, 0.3) is 0 Å². The van der Waals surface area contributed by atoms with Crippen molar-refractivity contribution < 1.29 is 14.5 Å². The van der Waals surface area contributed by atoms with Gasteiger partial charge in [0.1, 0.15) is 0 Å². The molecular weight excluding hydrogens is 348 g/mol. The largest absolute Gasteiger partial charge is 0.381 e. The summed E-state index contributed by atoms with van der Waals surface area (Å²) in [4.78, 5) is 10.4. The predicted molar refractivity (Wildman–Crippen MR) is 119 cm³/mol. The molecule has 0 radical (unpaired) electrons. The van der Waals surface area contributed by atoms with Crippen molar-refractivity contribution in [2.24, 2.45) is 0 Å². The van der Waals surface area contributed by atoms with Crippen molar-refractivity contribution in [3.63, 3.8) is 0 Å². The first-order chi connectivity index (χ1) is 13.9. The molecule has 0 saturated heterocycles. The average molecular weight is 393 g/mol. The van der Waals surface area contributed by atoms with Crippen LogP contribution in [0.3, 0.4) is 0 Å². The molecule has 0 bridgehead atoms. The van der Waals surface area contributed by atoms with E-state index in [-0.39, 0.29) is 0 Å². The van der Waals surface area contributed by atoms with E-state index in [0.717, 1.165) is 25.4 Å². The maximum atomic E-state index is 5.66. The van der Waals surface area contributed by atoms with E-state index < -0.39 is 0 Å². The molecular formula is C25H44O3. The van der Waals surface area contributed by atoms with Crippen LogP contribution >= 0.6 is 0 Å². The lowest BCUT2D eigenvalue weighted by atomic mass is 10.0. The maximum absolute atomic E-state index is 5.66. The number of hydrogen-bond acceptors (Lipinski definition) is 3. The molecule has 0 aliphatic carbocycles. The molecule has 162 valence electrons. The highest BCUT2D eigenvalue weighted by Gasteiger charge is 1.96. The summed E-state index contributed by atoms with van der Waals surface area (Å²) in [5.41, 5.74) is 0. The Hall–Kier alpha value is -1.06. The molecule has 1 aromatic rings. The summed E-state index contributed by atoms with van der Waals surface area (Å²) in [6.45, 7) is 4.47. The number of benzene rings is 1. The molecule has 0 heterocycles. The van der Waals surface area contributed by atoms with Gasteiger partial charge in [-0.05, 0) is 25.0 Å². The third-order valence-corrected chi connectivity index (χ3v) is 5.06. The molecule has 1 rings (SSSR count). The van der Waals surface area contributed by atoms with Gasteiger partial charge in [-0.2, -0.15) is 4.89 Å². The van der Waals surface area contributed by atoms with Gasteiger partial charge in [-0.1, -0.05) is 109 Å². The molecule has 0 spiro atoms. The zero-order chi connectivity index (χ0) is 20.0. The molecule has 0 aliphatic heterocycles. The summed E-state index contributed by atoms with van der Waals surface area (Å²) in [5, 5.41) is 0. The van der Waals surface area contributed by atoms with Crippen molar-refractivity contribution >= 4 is 0 Å². The summed E-state index contributed by atoms with van der Waals surface area (Å²) in [6, 6.07) is 9.58. The summed E-state index contributed by atoms with van der Waals surface area (Å²) in [5.74, 6) is 0.742. The third kappa shape index (κ3) is 17.1. The molecule has 0 aromatic heterocycles. The standard InChI is InChI=1S/C25H44O3/c1-2-3-4-5-6-7-8-9-10-11-12-13-14-18-22-26-23-19-24-27-28-25-20-16-15-17-21-25/h15-17,20-21H,2-14,18-19,22-24H2,1H3. The van der Waals surface area contributed by atoms with E-state index in [1.165, 1.54) is 89.9 Å². The van der Waals surface area contributed by atoms with E-state index in [2.05, 4.69) is 6.92 Å². The Morgan fingerprint density at radius 1 is 0.536 bits per heavy atom. The Morgan fingerprint density at radius 2 is 1.04 bits per heavy atom. The minimum absolute atomic E-state index is 0.563. The Balaban J connectivity index is 1.67. The van der Waals surface area contributed by atoms with Gasteiger partial charge in [-0.25, -0.2) is 0 Å². The number of rotatable bonds is 21. The molecule has 3 nitrogen and oxygen atoms in total.